The second-order valence-corrected chi connectivity index (χ2v) is 7.09. The van der Waals surface area contributed by atoms with Crippen LogP contribution in [0.2, 0.25) is 0 Å². The zero-order valence-electron chi connectivity index (χ0n) is 14.1. The number of carbonyl (C=O) groups is 2. The zero-order chi connectivity index (χ0) is 16.7. The molecule has 1 saturated carbocycles. The van der Waals surface area contributed by atoms with Crippen molar-refractivity contribution in [2.75, 3.05) is 4.90 Å². The van der Waals surface area contributed by atoms with Crippen LogP contribution in [0.5, 0.6) is 0 Å². The van der Waals surface area contributed by atoms with Crippen LogP contribution in [0.15, 0.2) is 6.07 Å². The van der Waals surface area contributed by atoms with Crippen molar-refractivity contribution in [2.45, 2.75) is 70.8 Å². The largest absolute Gasteiger partial charge is 0.457 e. The maximum atomic E-state index is 12.7. The van der Waals surface area contributed by atoms with Crippen molar-refractivity contribution in [1.82, 2.24) is 0 Å². The Morgan fingerprint density at radius 2 is 1.58 bits per heavy atom. The van der Waals surface area contributed by atoms with Gasteiger partial charge in [-0.3, -0.25) is 4.90 Å². The van der Waals surface area contributed by atoms with Crippen LogP contribution in [-0.2, 0) is 40.3 Å². The third kappa shape index (κ3) is 2.56. The van der Waals surface area contributed by atoms with Gasteiger partial charge in [-0.05, 0) is 80.0 Å². The van der Waals surface area contributed by atoms with Gasteiger partial charge in [0.05, 0.1) is 5.69 Å². The molecule has 24 heavy (non-hydrogen) atoms. The number of rotatable bonds is 2. The van der Waals surface area contributed by atoms with Gasteiger partial charge in [0.1, 0.15) is 0 Å². The third-order valence-corrected chi connectivity index (χ3v) is 5.55. The van der Waals surface area contributed by atoms with Gasteiger partial charge in [-0.15, -0.1) is 0 Å². The normalized spacial score (nSPS) is 18.5. The molecule has 1 aromatic carbocycles. The molecular weight excluding hydrogens is 306 g/mol. The minimum Gasteiger partial charge on any atom is -0.271 e. The molecule has 1 amide bonds. The lowest BCUT2D eigenvalue weighted by molar-refractivity contribution is -0.228. The van der Waals surface area contributed by atoms with E-state index in [1.807, 2.05) is 0 Å². The fourth-order valence-electron chi connectivity index (χ4n) is 4.28. The van der Waals surface area contributed by atoms with E-state index >= 15 is 0 Å². The molecule has 3 aliphatic rings. The van der Waals surface area contributed by atoms with E-state index in [0.29, 0.717) is 0 Å². The molecule has 0 heterocycles. The van der Waals surface area contributed by atoms with E-state index in [0.717, 1.165) is 63.5 Å². The van der Waals surface area contributed by atoms with Crippen molar-refractivity contribution < 1.29 is 19.4 Å². The Bertz CT molecular complexity index is 661. The van der Waals surface area contributed by atoms with Gasteiger partial charge in [0, 0.05) is 13.0 Å². The minimum atomic E-state index is -0.611. The Labute approximate surface area is 141 Å². The van der Waals surface area contributed by atoms with Crippen molar-refractivity contribution in [2.24, 2.45) is 0 Å². The summed E-state index contributed by atoms with van der Waals surface area (Å²) in [5.74, 6) is -0.611. The molecule has 0 aliphatic heterocycles. The van der Waals surface area contributed by atoms with E-state index in [2.05, 4.69) is 11.0 Å². The van der Waals surface area contributed by atoms with Gasteiger partial charge in [0.2, 0.25) is 0 Å². The van der Waals surface area contributed by atoms with E-state index in [9.17, 15) is 9.59 Å². The van der Waals surface area contributed by atoms with Crippen molar-refractivity contribution in [3.8, 4) is 0 Å². The number of benzene rings is 1. The summed E-state index contributed by atoms with van der Waals surface area (Å²) in [6, 6.07) is 2.51. The van der Waals surface area contributed by atoms with E-state index in [-0.39, 0.29) is 6.04 Å². The Morgan fingerprint density at radius 3 is 2.08 bits per heavy atom. The molecule has 1 aromatic rings. The molecule has 0 unspecified atom stereocenters. The second-order valence-electron chi connectivity index (χ2n) is 7.09. The molecule has 0 bridgehead atoms. The Morgan fingerprint density at radius 1 is 0.958 bits per heavy atom. The summed E-state index contributed by atoms with van der Waals surface area (Å²) in [7, 11) is 0. The zero-order valence-corrected chi connectivity index (χ0v) is 14.1. The van der Waals surface area contributed by atoms with Crippen LogP contribution in [0.1, 0.15) is 61.3 Å². The fourth-order valence-corrected chi connectivity index (χ4v) is 4.28. The van der Waals surface area contributed by atoms with Crippen molar-refractivity contribution in [3.63, 3.8) is 0 Å². The summed E-state index contributed by atoms with van der Waals surface area (Å²) in [6.45, 7) is 1.24. The fraction of sp³-hybridized carbons (Fsp3) is 0.579. The Balaban J connectivity index is 1.75. The molecule has 0 spiro atoms. The highest BCUT2D eigenvalue weighted by atomic mass is 17.2. The van der Waals surface area contributed by atoms with E-state index < -0.39 is 12.1 Å². The predicted molar refractivity (Wildman–Crippen MR) is 88.9 cm³/mol. The number of carbonyl (C=O) groups excluding carboxylic acids is 2. The first kappa shape index (κ1) is 15.5. The summed E-state index contributed by atoms with van der Waals surface area (Å²) >= 11 is 0. The number of fused-ring (bicyclic) bond motifs is 2. The molecule has 0 saturated heterocycles. The van der Waals surface area contributed by atoms with Crippen molar-refractivity contribution in [3.05, 3.63) is 28.3 Å². The van der Waals surface area contributed by atoms with Gasteiger partial charge in [-0.25, -0.2) is 19.4 Å². The molecule has 0 N–H and O–H groups in total. The highest BCUT2D eigenvalue weighted by molar-refractivity contribution is 5.92. The quantitative estimate of drug-likeness (QED) is 0.614. The van der Waals surface area contributed by atoms with Gasteiger partial charge in [0.15, 0.2) is 0 Å². The maximum Gasteiger partial charge on any atom is 0.457 e. The molecule has 1 fully saturated rings. The van der Waals surface area contributed by atoms with Gasteiger partial charge in [-0.1, -0.05) is 6.07 Å². The number of hydrogen-bond donors (Lipinski definition) is 0. The topological polar surface area (TPSA) is 55.8 Å². The summed E-state index contributed by atoms with van der Waals surface area (Å²) in [4.78, 5) is 34.9. The van der Waals surface area contributed by atoms with Gasteiger partial charge in [-0.2, -0.15) is 0 Å². The summed E-state index contributed by atoms with van der Waals surface area (Å²) in [5, 5.41) is 0. The van der Waals surface area contributed by atoms with Crippen LogP contribution in [0.25, 0.3) is 0 Å². The van der Waals surface area contributed by atoms with Crippen LogP contribution in [-0.4, -0.2) is 18.1 Å². The van der Waals surface area contributed by atoms with E-state index in [1.54, 1.807) is 4.90 Å². The molecular formula is C19H23NO4. The summed E-state index contributed by atoms with van der Waals surface area (Å²) in [5.41, 5.74) is 6.45. The lowest BCUT2D eigenvalue weighted by atomic mass is 9.89. The van der Waals surface area contributed by atoms with Crippen LogP contribution >= 0.6 is 0 Å². The smallest absolute Gasteiger partial charge is 0.271 e. The maximum absolute atomic E-state index is 12.7. The molecule has 4 rings (SSSR count). The Hall–Kier alpha value is -2.04. The highest BCUT2D eigenvalue weighted by Gasteiger charge is 2.37. The van der Waals surface area contributed by atoms with Gasteiger partial charge in [0.25, 0.3) is 0 Å². The number of aryl methyl sites for hydroxylation is 2. The van der Waals surface area contributed by atoms with Crippen LogP contribution < -0.4 is 4.90 Å². The lowest BCUT2D eigenvalue weighted by Gasteiger charge is -2.38. The van der Waals surface area contributed by atoms with Crippen LogP contribution in [0, 0.1) is 0 Å². The molecule has 3 aliphatic carbocycles. The third-order valence-electron chi connectivity index (χ3n) is 5.55. The Kier molecular flexibility index (Phi) is 3.94. The highest BCUT2D eigenvalue weighted by Crippen LogP contribution is 2.43. The second kappa shape index (κ2) is 6.11. The van der Waals surface area contributed by atoms with E-state index in [1.165, 1.54) is 29.2 Å². The SMILES string of the molecule is CC(=O)OOC(=O)N(c1c2c(cc3c1CCC3)CCC2)C1CCC1. The van der Waals surface area contributed by atoms with Crippen LogP contribution in [0.3, 0.4) is 0 Å². The molecule has 5 nitrogen and oxygen atoms in total. The van der Waals surface area contributed by atoms with E-state index in [4.69, 9.17) is 4.89 Å². The lowest BCUT2D eigenvalue weighted by Crippen LogP contribution is -2.46. The molecule has 0 atom stereocenters. The number of hydrogen-bond acceptors (Lipinski definition) is 4. The number of anilines is 1. The average Bonchev–Trinajstić information content (AvgIpc) is 3.14. The minimum absolute atomic E-state index is 0.157. The monoisotopic (exact) mass is 329 g/mol. The van der Waals surface area contributed by atoms with Crippen molar-refractivity contribution in [1.29, 1.82) is 0 Å². The predicted octanol–water partition coefficient (Wildman–Crippen LogP) is 3.64. The van der Waals surface area contributed by atoms with Gasteiger partial charge >= 0.3 is 12.1 Å². The number of nitrogens with zero attached hydrogens (tertiary/aromatic N) is 1. The van der Waals surface area contributed by atoms with Gasteiger partial charge < -0.3 is 0 Å². The summed E-state index contributed by atoms with van der Waals surface area (Å²) < 4.78 is 0. The average molecular weight is 329 g/mol. The van der Waals surface area contributed by atoms with Crippen LogP contribution in [0.4, 0.5) is 10.5 Å². The first-order chi connectivity index (χ1) is 11.6. The first-order valence-electron chi connectivity index (χ1n) is 9.00. The molecule has 0 aromatic heterocycles. The molecule has 0 radical (unpaired) electrons. The van der Waals surface area contributed by atoms with Crippen molar-refractivity contribution >= 4 is 17.7 Å². The molecule has 5 heteroatoms. The first-order valence-corrected chi connectivity index (χ1v) is 9.00. The summed E-state index contributed by atoms with van der Waals surface area (Å²) in [6.07, 6.45) is 9.03. The molecule has 128 valence electrons. The number of amides is 1. The standard InChI is InChI=1S/C19H23NO4/c1-12(21)23-24-19(22)20(15-7-4-8-15)18-16-9-2-5-13(16)11-14-6-3-10-17(14)18/h11,15H,2-10H2,1H3.